The number of nitrogens with one attached hydrogen (secondary N) is 1. The Morgan fingerprint density at radius 2 is 1.97 bits per heavy atom. The number of benzene rings is 1. The predicted octanol–water partition coefficient (Wildman–Crippen LogP) is 2.65. The molecule has 0 aromatic heterocycles. The first kappa shape index (κ1) is 22.1. The summed E-state index contributed by atoms with van der Waals surface area (Å²) in [4.78, 5) is 30.9. The van der Waals surface area contributed by atoms with Crippen molar-refractivity contribution in [3.05, 3.63) is 29.8 Å². The van der Waals surface area contributed by atoms with E-state index in [1.54, 1.807) is 24.1 Å². The lowest BCUT2D eigenvalue weighted by Crippen LogP contribution is -2.57. The van der Waals surface area contributed by atoms with Crippen LogP contribution in [0.15, 0.2) is 24.3 Å². The molecule has 3 fully saturated rings. The summed E-state index contributed by atoms with van der Waals surface area (Å²) in [6.07, 6.45) is 5.97. The number of hydrogen-bond donors (Lipinski definition) is 1. The Morgan fingerprint density at radius 1 is 1.23 bits per heavy atom. The largest absolute Gasteiger partial charge is 0.497 e. The Kier molecular flexibility index (Phi) is 6.82. The Bertz CT molecular complexity index is 785. The smallest absolute Gasteiger partial charge is 0.257 e. The molecule has 2 heterocycles. The average molecular weight is 430 g/mol. The molecule has 4 rings (SSSR count). The fourth-order valence-corrected chi connectivity index (χ4v) is 5.14. The first-order valence-electron chi connectivity index (χ1n) is 11.6. The Labute approximate surface area is 185 Å². The van der Waals surface area contributed by atoms with Gasteiger partial charge in [0.2, 0.25) is 5.91 Å². The molecule has 1 N–H and O–H groups in total. The van der Waals surface area contributed by atoms with Crippen LogP contribution in [0.4, 0.5) is 0 Å². The maximum atomic E-state index is 13.7. The van der Waals surface area contributed by atoms with Crippen LogP contribution in [0.2, 0.25) is 0 Å². The molecule has 2 saturated heterocycles. The topological polar surface area (TPSA) is 71.1 Å². The van der Waals surface area contributed by atoms with Gasteiger partial charge in [0.1, 0.15) is 17.5 Å². The first-order chi connectivity index (χ1) is 15.0. The van der Waals surface area contributed by atoms with Gasteiger partial charge in [0.05, 0.1) is 13.7 Å². The van der Waals surface area contributed by atoms with Gasteiger partial charge in [-0.25, -0.2) is 0 Å². The van der Waals surface area contributed by atoms with Crippen LogP contribution in [0.3, 0.4) is 0 Å². The zero-order valence-corrected chi connectivity index (χ0v) is 18.8. The van der Waals surface area contributed by atoms with Crippen LogP contribution in [-0.2, 0) is 9.53 Å². The quantitative estimate of drug-likeness (QED) is 0.753. The second kappa shape index (κ2) is 9.57. The molecule has 1 spiro atoms. The number of likely N-dealkylation sites (tertiary alicyclic amines) is 1. The molecule has 1 saturated carbocycles. The van der Waals surface area contributed by atoms with E-state index in [1.165, 1.54) is 12.8 Å². The maximum absolute atomic E-state index is 13.7. The van der Waals surface area contributed by atoms with Crippen molar-refractivity contribution in [1.82, 2.24) is 15.1 Å². The molecule has 0 radical (unpaired) electrons. The minimum atomic E-state index is -0.691. The summed E-state index contributed by atoms with van der Waals surface area (Å²) in [6, 6.07) is 6.54. The number of methoxy groups -OCH3 is 1. The van der Waals surface area contributed by atoms with E-state index >= 15 is 0 Å². The van der Waals surface area contributed by atoms with Gasteiger partial charge in [0.25, 0.3) is 5.91 Å². The van der Waals surface area contributed by atoms with E-state index in [1.807, 2.05) is 12.1 Å². The van der Waals surface area contributed by atoms with Crippen molar-refractivity contribution in [2.24, 2.45) is 5.92 Å². The summed E-state index contributed by atoms with van der Waals surface area (Å²) in [7, 11) is 1.59. The van der Waals surface area contributed by atoms with Gasteiger partial charge in [0, 0.05) is 18.7 Å². The molecular weight excluding hydrogens is 394 g/mol. The number of amides is 2. The van der Waals surface area contributed by atoms with E-state index in [9.17, 15) is 9.59 Å². The highest BCUT2D eigenvalue weighted by Gasteiger charge is 2.53. The van der Waals surface area contributed by atoms with E-state index < -0.39 is 11.8 Å². The average Bonchev–Trinajstić information content (AvgIpc) is 3.44. The summed E-state index contributed by atoms with van der Waals surface area (Å²) >= 11 is 0. The van der Waals surface area contributed by atoms with Gasteiger partial charge < -0.3 is 19.7 Å². The highest BCUT2D eigenvalue weighted by atomic mass is 16.5. The standard InChI is InChI=1S/C24H35N3O4/c1-18-8-10-24(11-9-18)27(23(29)19-6-5-7-20(16-19)30-2)21(17-31-24)22(28)25-12-15-26-13-3-4-14-26/h5-7,16,18,21H,3-4,8-15,17H2,1-2H3,(H,25,28)/t18?,21-,24?/m1/s1. The second-order valence-corrected chi connectivity index (χ2v) is 9.20. The second-order valence-electron chi connectivity index (χ2n) is 9.20. The van der Waals surface area contributed by atoms with Crippen molar-refractivity contribution in [3.8, 4) is 5.75 Å². The van der Waals surface area contributed by atoms with Crippen LogP contribution < -0.4 is 10.1 Å². The highest BCUT2D eigenvalue weighted by molar-refractivity contribution is 5.98. The number of hydrogen-bond acceptors (Lipinski definition) is 5. The first-order valence-corrected chi connectivity index (χ1v) is 11.6. The third-order valence-corrected chi connectivity index (χ3v) is 7.08. The van der Waals surface area contributed by atoms with Crippen LogP contribution in [0.5, 0.6) is 5.75 Å². The summed E-state index contributed by atoms with van der Waals surface area (Å²) in [5.74, 6) is 0.955. The zero-order valence-electron chi connectivity index (χ0n) is 18.8. The Hall–Kier alpha value is -2.12. The van der Waals surface area contributed by atoms with Crippen LogP contribution in [0.25, 0.3) is 0 Å². The minimum absolute atomic E-state index is 0.120. The third kappa shape index (κ3) is 4.72. The number of rotatable bonds is 6. The van der Waals surface area contributed by atoms with Crippen LogP contribution in [0, 0.1) is 5.92 Å². The summed E-state index contributed by atoms with van der Waals surface area (Å²) < 4.78 is 11.6. The minimum Gasteiger partial charge on any atom is -0.497 e. The SMILES string of the molecule is COc1cccc(C(=O)N2[C@@H](C(=O)NCCN3CCCC3)COC23CCC(C)CC3)c1. The van der Waals surface area contributed by atoms with Crippen molar-refractivity contribution >= 4 is 11.8 Å². The molecule has 0 bridgehead atoms. The van der Waals surface area contributed by atoms with Gasteiger partial charge in [0.15, 0.2) is 0 Å². The molecule has 1 aromatic rings. The van der Waals surface area contributed by atoms with E-state index in [-0.39, 0.29) is 18.4 Å². The van der Waals surface area contributed by atoms with E-state index in [0.29, 0.717) is 23.8 Å². The van der Waals surface area contributed by atoms with E-state index in [2.05, 4.69) is 17.1 Å². The molecule has 1 aliphatic carbocycles. The van der Waals surface area contributed by atoms with Gasteiger partial charge in [-0.2, -0.15) is 0 Å². The maximum Gasteiger partial charge on any atom is 0.257 e. The van der Waals surface area contributed by atoms with Crippen molar-refractivity contribution in [2.45, 2.75) is 57.2 Å². The summed E-state index contributed by atoms with van der Waals surface area (Å²) in [5.41, 5.74) is -0.165. The van der Waals surface area contributed by atoms with Gasteiger partial charge in [-0.1, -0.05) is 13.0 Å². The molecule has 2 amide bonds. The summed E-state index contributed by atoms with van der Waals surface area (Å²) in [6.45, 7) is 6.14. The molecule has 1 atom stereocenters. The number of carbonyl (C=O) groups is 2. The fourth-order valence-electron chi connectivity index (χ4n) is 5.14. The van der Waals surface area contributed by atoms with Crippen molar-refractivity contribution < 1.29 is 19.1 Å². The van der Waals surface area contributed by atoms with Crippen LogP contribution in [0.1, 0.15) is 55.8 Å². The number of carbonyl (C=O) groups excluding carboxylic acids is 2. The molecule has 7 heteroatoms. The van der Waals surface area contributed by atoms with Crippen LogP contribution >= 0.6 is 0 Å². The van der Waals surface area contributed by atoms with Crippen molar-refractivity contribution in [1.29, 1.82) is 0 Å². The summed E-state index contributed by atoms with van der Waals surface area (Å²) in [5, 5.41) is 3.06. The molecule has 3 aliphatic rings. The molecule has 1 aromatic carbocycles. The van der Waals surface area contributed by atoms with Gasteiger partial charge in [-0.15, -0.1) is 0 Å². The van der Waals surface area contributed by atoms with E-state index in [0.717, 1.165) is 45.3 Å². The molecule has 0 unspecified atom stereocenters. The van der Waals surface area contributed by atoms with Crippen molar-refractivity contribution in [3.63, 3.8) is 0 Å². The van der Waals surface area contributed by atoms with Crippen molar-refractivity contribution in [2.75, 3.05) is 39.9 Å². The normalized spacial score (nSPS) is 28.8. The van der Waals surface area contributed by atoms with Gasteiger partial charge >= 0.3 is 0 Å². The molecule has 2 aliphatic heterocycles. The lowest BCUT2D eigenvalue weighted by Gasteiger charge is -2.43. The zero-order chi connectivity index (χ0) is 21.8. The predicted molar refractivity (Wildman–Crippen MR) is 118 cm³/mol. The third-order valence-electron chi connectivity index (χ3n) is 7.08. The lowest BCUT2D eigenvalue weighted by molar-refractivity contribution is -0.127. The lowest BCUT2D eigenvalue weighted by atomic mass is 9.83. The van der Waals surface area contributed by atoms with Gasteiger partial charge in [-0.05, 0) is 75.7 Å². The van der Waals surface area contributed by atoms with Gasteiger partial charge in [-0.3, -0.25) is 14.5 Å². The highest BCUT2D eigenvalue weighted by Crippen LogP contribution is 2.43. The monoisotopic (exact) mass is 429 g/mol. The fraction of sp³-hybridized carbons (Fsp3) is 0.667. The molecular formula is C24H35N3O4. The number of ether oxygens (including phenoxy) is 2. The Balaban J connectivity index is 1.52. The molecule has 170 valence electrons. The van der Waals surface area contributed by atoms with Crippen LogP contribution in [-0.4, -0.2) is 73.3 Å². The van der Waals surface area contributed by atoms with E-state index in [4.69, 9.17) is 9.47 Å². The molecule has 7 nitrogen and oxygen atoms in total. The number of nitrogens with zero attached hydrogens (tertiary/aromatic N) is 2. The molecule has 31 heavy (non-hydrogen) atoms. The Morgan fingerprint density at radius 3 is 2.68 bits per heavy atom.